The Kier molecular flexibility index (Phi) is 7.55. The summed E-state index contributed by atoms with van der Waals surface area (Å²) in [6, 6.07) is 6.44. The molecule has 1 aromatic carbocycles. The van der Waals surface area contributed by atoms with Gasteiger partial charge in [-0.25, -0.2) is 0 Å². The number of ether oxygens (including phenoxy) is 1. The van der Waals surface area contributed by atoms with Crippen molar-refractivity contribution in [2.75, 3.05) is 25.1 Å². The Bertz CT molecular complexity index is 499. The lowest BCUT2D eigenvalue weighted by molar-refractivity contribution is -0.130. The summed E-state index contributed by atoms with van der Waals surface area (Å²) >= 11 is 0.451. The van der Waals surface area contributed by atoms with Crippen LogP contribution in [0.3, 0.4) is 0 Å². The second kappa shape index (κ2) is 8.67. The summed E-state index contributed by atoms with van der Waals surface area (Å²) in [5.41, 5.74) is 5.64. The minimum Gasteiger partial charge on any atom is -0.381 e. The highest BCUT2D eigenvalue weighted by Crippen LogP contribution is 2.32. The average molecular weight is 353 g/mol. The highest BCUT2D eigenvalue weighted by molar-refractivity contribution is 7.99. The number of nitrogens with one attached hydrogen (secondary N) is 1. The molecule has 1 aliphatic rings. The van der Waals surface area contributed by atoms with Crippen molar-refractivity contribution in [3.8, 4) is 0 Å². The molecule has 4 nitrogen and oxygen atoms in total. The van der Waals surface area contributed by atoms with Crippen LogP contribution >= 0.6 is 24.2 Å². The van der Waals surface area contributed by atoms with E-state index in [9.17, 15) is 13.6 Å². The van der Waals surface area contributed by atoms with Crippen LogP contribution in [0.2, 0.25) is 0 Å². The monoisotopic (exact) mass is 352 g/mol. The van der Waals surface area contributed by atoms with Crippen LogP contribution in [-0.2, 0) is 9.53 Å². The van der Waals surface area contributed by atoms with Crippen LogP contribution in [-0.4, -0.2) is 31.4 Å². The van der Waals surface area contributed by atoms with E-state index in [0.717, 1.165) is 0 Å². The highest BCUT2D eigenvalue weighted by Gasteiger charge is 2.38. The van der Waals surface area contributed by atoms with Gasteiger partial charge in [0.25, 0.3) is 5.76 Å². The largest absolute Gasteiger partial charge is 0.381 e. The van der Waals surface area contributed by atoms with Crippen molar-refractivity contribution >= 4 is 35.8 Å². The van der Waals surface area contributed by atoms with Crippen molar-refractivity contribution in [1.29, 1.82) is 0 Å². The third kappa shape index (κ3) is 4.81. The van der Waals surface area contributed by atoms with Crippen molar-refractivity contribution in [2.45, 2.75) is 23.5 Å². The van der Waals surface area contributed by atoms with Crippen LogP contribution in [0.4, 0.5) is 14.5 Å². The lowest BCUT2D eigenvalue weighted by atomic mass is 9.79. The van der Waals surface area contributed by atoms with E-state index >= 15 is 0 Å². The number of hydrogen-bond acceptors (Lipinski definition) is 4. The van der Waals surface area contributed by atoms with Gasteiger partial charge in [-0.05, 0) is 31.0 Å². The fourth-order valence-electron chi connectivity index (χ4n) is 2.30. The number of carbonyl (C=O) groups excluding carboxylic acids is 1. The zero-order valence-corrected chi connectivity index (χ0v) is 13.5. The Morgan fingerprint density at radius 3 is 2.68 bits per heavy atom. The van der Waals surface area contributed by atoms with Gasteiger partial charge in [-0.1, -0.05) is 17.8 Å². The second-order valence-corrected chi connectivity index (χ2v) is 6.02. The van der Waals surface area contributed by atoms with E-state index in [1.165, 1.54) is 6.07 Å². The summed E-state index contributed by atoms with van der Waals surface area (Å²) < 4.78 is 30.0. The molecule has 1 aliphatic heterocycles. The Morgan fingerprint density at radius 2 is 2.09 bits per heavy atom. The minimum atomic E-state index is -2.48. The zero-order valence-electron chi connectivity index (χ0n) is 11.9. The molecule has 1 amide bonds. The number of anilines is 1. The molecular weight excluding hydrogens is 334 g/mol. The maximum Gasteiger partial charge on any atom is 0.288 e. The van der Waals surface area contributed by atoms with Crippen molar-refractivity contribution in [1.82, 2.24) is 0 Å². The van der Waals surface area contributed by atoms with Gasteiger partial charge in [0.15, 0.2) is 0 Å². The molecule has 0 aliphatic carbocycles. The summed E-state index contributed by atoms with van der Waals surface area (Å²) in [5, 5.41) is 2.78. The zero-order chi connectivity index (χ0) is 15.3. The van der Waals surface area contributed by atoms with Gasteiger partial charge in [-0.2, -0.15) is 8.78 Å². The molecule has 0 bridgehead atoms. The molecule has 0 aromatic heterocycles. The van der Waals surface area contributed by atoms with Gasteiger partial charge >= 0.3 is 0 Å². The quantitative estimate of drug-likeness (QED) is 0.799. The molecule has 1 fully saturated rings. The van der Waals surface area contributed by atoms with Crippen LogP contribution in [0.5, 0.6) is 0 Å². The molecule has 3 N–H and O–H groups in total. The fourth-order valence-corrected chi connectivity index (χ4v) is 2.86. The van der Waals surface area contributed by atoms with Crippen LogP contribution in [0.15, 0.2) is 29.2 Å². The molecule has 124 valence electrons. The third-order valence-corrected chi connectivity index (χ3v) is 4.34. The van der Waals surface area contributed by atoms with Crippen molar-refractivity contribution in [3.63, 3.8) is 0 Å². The predicted octanol–water partition coefficient (Wildman–Crippen LogP) is 3.12. The fraction of sp³-hybridized carbons (Fsp3) is 0.500. The first-order chi connectivity index (χ1) is 10.1. The van der Waals surface area contributed by atoms with Crippen LogP contribution in [0, 0.1) is 5.41 Å². The molecule has 22 heavy (non-hydrogen) atoms. The lowest BCUT2D eigenvalue weighted by Crippen LogP contribution is -2.46. The SMILES string of the molecule is Cl.NCC1(C(=O)Nc2cccc(SC(F)F)c2)CCOCC1. The number of hydrogen-bond donors (Lipinski definition) is 2. The lowest BCUT2D eigenvalue weighted by Gasteiger charge is -2.34. The number of benzene rings is 1. The first-order valence-electron chi connectivity index (χ1n) is 6.70. The topological polar surface area (TPSA) is 64.4 Å². The number of amides is 1. The van der Waals surface area contributed by atoms with E-state index in [1.54, 1.807) is 18.2 Å². The van der Waals surface area contributed by atoms with E-state index < -0.39 is 11.2 Å². The molecule has 0 unspecified atom stereocenters. The Labute approximate surface area is 138 Å². The van der Waals surface area contributed by atoms with E-state index in [-0.39, 0.29) is 24.9 Å². The molecule has 1 saturated heterocycles. The molecule has 2 rings (SSSR count). The Morgan fingerprint density at radius 1 is 1.41 bits per heavy atom. The summed E-state index contributed by atoms with van der Waals surface area (Å²) in [6.07, 6.45) is 1.14. The van der Waals surface area contributed by atoms with E-state index in [1.807, 2.05) is 0 Å². The number of nitrogens with two attached hydrogens (primary N) is 1. The van der Waals surface area contributed by atoms with Gasteiger partial charge in [0.2, 0.25) is 5.91 Å². The molecule has 0 spiro atoms. The number of carbonyl (C=O) groups is 1. The summed E-state index contributed by atoms with van der Waals surface area (Å²) in [6.45, 7) is 1.26. The highest BCUT2D eigenvalue weighted by atomic mass is 35.5. The first kappa shape index (κ1) is 19.2. The number of thioether (sulfide) groups is 1. The molecule has 1 aromatic rings. The second-order valence-electron chi connectivity index (χ2n) is 4.96. The summed E-state index contributed by atoms with van der Waals surface area (Å²) in [7, 11) is 0. The van der Waals surface area contributed by atoms with Crippen molar-refractivity contribution < 1.29 is 18.3 Å². The standard InChI is InChI=1S/C14H18F2N2O2S.ClH/c15-13(16)21-11-3-1-2-10(8-11)18-12(19)14(9-17)4-6-20-7-5-14;/h1-3,8,13H,4-7,9,17H2,(H,18,19);1H. The van der Waals surface area contributed by atoms with Crippen LogP contribution < -0.4 is 11.1 Å². The van der Waals surface area contributed by atoms with Gasteiger partial charge in [-0.3, -0.25) is 4.79 Å². The molecule has 0 atom stereocenters. The van der Waals surface area contributed by atoms with Gasteiger partial charge < -0.3 is 15.8 Å². The maximum atomic E-state index is 12.5. The van der Waals surface area contributed by atoms with Gasteiger partial charge in [0.05, 0.1) is 5.41 Å². The molecule has 1 heterocycles. The summed E-state index contributed by atoms with van der Waals surface area (Å²) in [5.74, 6) is -2.66. The predicted molar refractivity (Wildman–Crippen MR) is 85.7 cm³/mol. The van der Waals surface area contributed by atoms with Gasteiger partial charge in [-0.15, -0.1) is 12.4 Å². The smallest absolute Gasteiger partial charge is 0.288 e. The van der Waals surface area contributed by atoms with Gasteiger partial charge in [0.1, 0.15) is 0 Å². The summed E-state index contributed by atoms with van der Waals surface area (Å²) in [4.78, 5) is 12.9. The number of halogens is 3. The van der Waals surface area contributed by atoms with Crippen LogP contribution in [0.25, 0.3) is 0 Å². The average Bonchev–Trinajstić information content (AvgIpc) is 2.47. The minimum absolute atomic E-state index is 0. The molecular formula is C14H19ClF2N2O2S. The van der Waals surface area contributed by atoms with Crippen LogP contribution in [0.1, 0.15) is 12.8 Å². The molecule has 0 saturated carbocycles. The normalized spacial score (nSPS) is 16.9. The number of rotatable bonds is 5. The Balaban J connectivity index is 0.00000242. The maximum absolute atomic E-state index is 12.5. The molecule has 8 heteroatoms. The van der Waals surface area contributed by atoms with Gasteiger partial charge in [0, 0.05) is 30.3 Å². The Hall–Kier alpha value is -0.890. The third-order valence-electron chi connectivity index (χ3n) is 3.64. The van der Waals surface area contributed by atoms with E-state index in [4.69, 9.17) is 10.5 Å². The number of alkyl halides is 2. The van der Waals surface area contributed by atoms with Crippen molar-refractivity contribution in [3.05, 3.63) is 24.3 Å². The van der Waals surface area contributed by atoms with E-state index in [2.05, 4.69) is 5.32 Å². The van der Waals surface area contributed by atoms with E-state index in [0.29, 0.717) is 48.4 Å². The first-order valence-corrected chi connectivity index (χ1v) is 7.58. The molecule has 0 radical (unpaired) electrons. The van der Waals surface area contributed by atoms with Crippen molar-refractivity contribution in [2.24, 2.45) is 11.1 Å².